The highest BCUT2D eigenvalue weighted by atomic mass is 35.5. The van der Waals surface area contributed by atoms with Gasteiger partial charge in [0.25, 0.3) is 5.92 Å². The van der Waals surface area contributed by atoms with Crippen LogP contribution >= 0.6 is 37.2 Å². The number of alkyl halides is 2. The van der Waals surface area contributed by atoms with Crippen molar-refractivity contribution < 1.29 is 13.6 Å². The SMILES string of the molecule is CN1CCN(Cc2ccc(CNC(=O)C3CC(F)(F)CN3)cc2)CC1.Cl.Cl.Cl. The lowest BCUT2D eigenvalue weighted by atomic mass is 10.1. The van der Waals surface area contributed by atoms with E-state index in [4.69, 9.17) is 0 Å². The number of carbonyl (C=O) groups is 1. The number of nitrogens with one attached hydrogen (secondary N) is 2. The Hall–Kier alpha value is -0.700. The third-order valence-corrected chi connectivity index (χ3v) is 4.92. The normalized spacial score (nSPS) is 21.8. The highest BCUT2D eigenvalue weighted by molar-refractivity contribution is 5.86. The minimum atomic E-state index is -2.78. The van der Waals surface area contributed by atoms with Crippen LogP contribution < -0.4 is 10.6 Å². The molecule has 3 rings (SSSR count). The molecule has 0 aromatic heterocycles. The summed E-state index contributed by atoms with van der Waals surface area (Å²) in [6.45, 7) is 5.21. The van der Waals surface area contributed by atoms with Gasteiger partial charge in [0.2, 0.25) is 5.91 Å². The summed E-state index contributed by atoms with van der Waals surface area (Å²) >= 11 is 0. The number of hydrogen-bond donors (Lipinski definition) is 2. The lowest BCUT2D eigenvalue weighted by Gasteiger charge is -2.32. The number of likely N-dealkylation sites (N-methyl/N-ethyl adjacent to an activating group) is 1. The Morgan fingerprint density at radius 3 is 2.21 bits per heavy atom. The van der Waals surface area contributed by atoms with Crippen LogP contribution in [0.25, 0.3) is 0 Å². The van der Waals surface area contributed by atoms with Crippen LogP contribution in [0.15, 0.2) is 24.3 Å². The molecule has 1 atom stereocenters. The van der Waals surface area contributed by atoms with Crippen LogP contribution in [0, 0.1) is 0 Å². The van der Waals surface area contributed by atoms with E-state index in [1.165, 1.54) is 5.56 Å². The molecule has 10 heteroatoms. The van der Waals surface area contributed by atoms with Gasteiger partial charge in [-0.2, -0.15) is 0 Å². The van der Waals surface area contributed by atoms with E-state index in [-0.39, 0.29) is 43.1 Å². The van der Waals surface area contributed by atoms with Crippen LogP contribution in [-0.2, 0) is 17.9 Å². The molecule has 0 aliphatic carbocycles. The largest absolute Gasteiger partial charge is 0.351 e. The second kappa shape index (κ2) is 12.1. The van der Waals surface area contributed by atoms with Gasteiger partial charge in [-0.15, -0.1) is 37.2 Å². The molecule has 1 aromatic carbocycles. The fourth-order valence-corrected chi connectivity index (χ4v) is 3.24. The second-order valence-electron chi connectivity index (χ2n) is 7.11. The molecule has 2 heterocycles. The third kappa shape index (κ3) is 7.97. The van der Waals surface area contributed by atoms with Crippen molar-refractivity contribution >= 4 is 43.1 Å². The summed E-state index contributed by atoms with van der Waals surface area (Å²) in [4.78, 5) is 16.7. The summed E-state index contributed by atoms with van der Waals surface area (Å²) in [5, 5.41) is 5.30. The summed E-state index contributed by atoms with van der Waals surface area (Å²) in [5.74, 6) is -3.15. The van der Waals surface area contributed by atoms with Crippen LogP contribution in [0.4, 0.5) is 8.78 Å². The first-order chi connectivity index (χ1) is 11.9. The molecule has 28 heavy (non-hydrogen) atoms. The molecule has 0 spiro atoms. The first-order valence-corrected chi connectivity index (χ1v) is 8.79. The Labute approximate surface area is 183 Å². The average Bonchev–Trinajstić information content (AvgIpc) is 2.96. The summed E-state index contributed by atoms with van der Waals surface area (Å²) in [7, 11) is 2.14. The molecule has 1 amide bonds. The molecular weight excluding hydrogens is 433 g/mol. The summed E-state index contributed by atoms with van der Waals surface area (Å²) in [6.07, 6.45) is -0.428. The van der Waals surface area contributed by atoms with Gasteiger partial charge in [-0.3, -0.25) is 15.0 Å². The molecule has 0 radical (unpaired) electrons. The zero-order chi connectivity index (χ0) is 17.9. The molecule has 1 aromatic rings. The Kier molecular flexibility index (Phi) is 11.8. The van der Waals surface area contributed by atoms with Gasteiger partial charge in [-0.25, -0.2) is 8.78 Å². The van der Waals surface area contributed by atoms with Gasteiger partial charge in [0, 0.05) is 45.7 Å². The molecule has 1 unspecified atom stereocenters. The second-order valence-corrected chi connectivity index (χ2v) is 7.11. The molecule has 2 aliphatic heterocycles. The minimum Gasteiger partial charge on any atom is -0.351 e. The number of nitrogens with zero attached hydrogens (tertiary/aromatic N) is 2. The quantitative estimate of drug-likeness (QED) is 0.706. The third-order valence-electron chi connectivity index (χ3n) is 4.92. The topological polar surface area (TPSA) is 47.6 Å². The van der Waals surface area contributed by atoms with Crippen LogP contribution in [0.5, 0.6) is 0 Å². The van der Waals surface area contributed by atoms with E-state index in [0.717, 1.165) is 38.3 Å². The fraction of sp³-hybridized carbons (Fsp3) is 0.611. The van der Waals surface area contributed by atoms with Gasteiger partial charge >= 0.3 is 0 Å². The average molecular weight is 462 g/mol. The minimum absolute atomic E-state index is 0. The molecule has 5 nitrogen and oxygen atoms in total. The van der Waals surface area contributed by atoms with Crippen LogP contribution in [0.2, 0.25) is 0 Å². The van der Waals surface area contributed by atoms with Crippen molar-refractivity contribution in [2.24, 2.45) is 0 Å². The smallest absolute Gasteiger partial charge is 0.262 e. The zero-order valence-corrected chi connectivity index (χ0v) is 18.3. The molecule has 2 aliphatic rings. The van der Waals surface area contributed by atoms with Crippen molar-refractivity contribution in [1.29, 1.82) is 0 Å². The number of halogens is 5. The van der Waals surface area contributed by atoms with E-state index in [2.05, 4.69) is 39.6 Å². The number of benzene rings is 1. The molecular formula is C18H29Cl3F2N4O. The number of amides is 1. The molecule has 0 bridgehead atoms. The van der Waals surface area contributed by atoms with Gasteiger partial charge < -0.3 is 10.2 Å². The summed E-state index contributed by atoms with van der Waals surface area (Å²) < 4.78 is 26.3. The van der Waals surface area contributed by atoms with Crippen molar-refractivity contribution in [3.05, 3.63) is 35.4 Å². The van der Waals surface area contributed by atoms with Gasteiger partial charge in [0.15, 0.2) is 0 Å². The molecule has 2 fully saturated rings. The molecule has 2 N–H and O–H groups in total. The predicted octanol–water partition coefficient (Wildman–Crippen LogP) is 2.31. The maximum absolute atomic E-state index is 13.1. The Bertz CT molecular complexity index is 599. The predicted molar refractivity (Wildman–Crippen MR) is 114 cm³/mol. The van der Waals surface area contributed by atoms with Crippen LogP contribution in [0.1, 0.15) is 17.5 Å². The monoisotopic (exact) mass is 460 g/mol. The van der Waals surface area contributed by atoms with Crippen molar-refractivity contribution in [3.63, 3.8) is 0 Å². The number of rotatable bonds is 5. The molecule has 2 saturated heterocycles. The van der Waals surface area contributed by atoms with Crippen LogP contribution in [-0.4, -0.2) is 67.4 Å². The van der Waals surface area contributed by atoms with Gasteiger partial charge in [0.05, 0.1) is 12.6 Å². The van der Waals surface area contributed by atoms with E-state index in [1.54, 1.807) is 0 Å². The highest BCUT2D eigenvalue weighted by Gasteiger charge is 2.42. The van der Waals surface area contributed by atoms with Crippen LogP contribution in [0.3, 0.4) is 0 Å². The highest BCUT2D eigenvalue weighted by Crippen LogP contribution is 2.25. The Balaban J connectivity index is 0.00000243. The van der Waals surface area contributed by atoms with Crippen molar-refractivity contribution in [2.75, 3.05) is 39.8 Å². The van der Waals surface area contributed by atoms with E-state index < -0.39 is 24.9 Å². The fourth-order valence-electron chi connectivity index (χ4n) is 3.24. The maximum atomic E-state index is 13.1. The zero-order valence-electron chi connectivity index (χ0n) is 15.8. The van der Waals surface area contributed by atoms with E-state index in [1.807, 2.05) is 12.1 Å². The summed E-state index contributed by atoms with van der Waals surface area (Å²) in [6, 6.07) is 7.32. The molecule has 0 saturated carbocycles. The van der Waals surface area contributed by atoms with Crippen molar-refractivity contribution in [3.8, 4) is 0 Å². The van der Waals surface area contributed by atoms with Gasteiger partial charge in [-0.05, 0) is 18.2 Å². The Morgan fingerprint density at radius 1 is 1.11 bits per heavy atom. The first-order valence-electron chi connectivity index (χ1n) is 8.79. The lowest BCUT2D eigenvalue weighted by molar-refractivity contribution is -0.123. The number of carbonyl (C=O) groups excluding carboxylic acids is 1. The van der Waals surface area contributed by atoms with Gasteiger partial charge in [0.1, 0.15) is 0 Å². The number of hydrogen-bond acceptors (Lipinski definition) is 4. The lowest BCUT2D eigenvalue weighted by Crippen LogP contribution is -2.43. The van der Waals surface area contributed by atoms with E-state index >= 15 is 0 Å². The van der Waals surface area contributed by atoms with Crippen molar-refractivity contribution in [2.45, 2.75) is 31.5 Å². The van der Waals surface area contributed by atoms with E-state index in [0.29, 0.717) is 6.54 Å². The Morgan fingerprint density at radius 2 is 1.68 bits per heavy atom. The number of piperazine rings is 1. The van der Waals surface area contributed by atoms with Crippen molar-refractivity contribution in [1.82, 2.24) is 20.4 Å². The van der Waals surface area contributed by atoms with E-state index in [9.17, 15) is 13.6 Å². The standard InChI is InChI=1S/C18H26F2N4O.3ClH/c1-23-6-8-24(9-7-23)12-15-4-2-14(3-5-15)11-21-17(25)16-10-18(19,20)13-22-16;;;/h2-5,16,22H,6-13H2,1H3,(H,21,25);3*1H. The molecule has 162 valence electrons. The maximum Gasteiger partial charge on any atom is 0.262 e. The first kappa shape index (κ1) is 27.3. The van der Waals surface area contributed by atoms with Gasteiger partial charge in [-0.1, -0.05) is 24.3 Å². The summed E-state index contributed by atoms with van der Waals surface area (Å²) in [5.41, 5.74) is 2.22.